The van der Waals surface area contributed by atoms with Crippen molar-refractivity contribution in [1.82, 2.24) is 4.98 Å². The van der Waals surface area contributed by atoms with Crippen molar-refractivity contribution in [2.75, 3.05) is 0 Å². The molecule has 0 aliphatic carbocycles. The van der Waals surface area contributed by atoms with Gasteiger partial charge in [0.15, 0.2) is 0 Å². The standard InChI is InChI=1S/C4H4N.2CH3.Ru/c1-2-4-5-3-1;;;/h1-3,5H;2*1H3;. The van der Waals surface area contributed by atoms with Gasteiger partial charge >= 0.3 is 54.6 Å². The van der Waals surface area contributed by atoms with Crippen LogP contribution in [0.25, 0.3) is 0 Å². The molecule has 8 heavy (non-hydrogen) atoms. The van der Waals surface area contributed by atoms with Crippen LogP contribution in [-0.2, 0) is 16.0 Å². The molecule has 0 saturated heterocycles. The molecule has 1 aromatic rings. The minimum absolute atomic E-state index is 0.573. The summed E-state index contributed by atoms with van der Waals surface area (Å²) in [5, 5.41) is 0. The summed E-state index contributed by atoms with van der Waals surface area (Å²) in [5.74, 6) is 0. The summed E-state index contributed by atoms with van der Waals surface area (Å²) in [7, 11) is 0. The Kier molecular flexibility index (Phi) is 1.85. The molecule has 0 aliphatic heterocycles. The molecule has 0 aromatic carbocycles. The summed E-state index contributed by atoms with van der Waals surface area (Å²) in [6.45, 7) is 0. The summed E-state index contributed by atoms with van der Waals surface area (Å²) < 4.78 is 1.45. The van der Waals surface area contributed by atoms with Gasteiger partial charge in [-0.2, -0.15) is 0 Å². The van der Waals surface area contributed by atoms with Gasteiger partial charge in [0.25, 0.3) is 0 Å². The molecule has 0 spiro atoms. The van der Waals surface area contributed by atoms with Gasteiger partial charge in [0.1, 0.15) is 0 Å². The van der Waals surface area contributed by atoms with Gasteiger partial charge < -0.3 is 0 Å². The summed E-state index contributed by atoms with van der Waals surface area (Å²) in [5.41, 5.74) is 4.63. The summed E-state index contributed by atoms with van der Waals surface area (Å²) in [4.78, 5) is 3.20. The Morgan fingerprint density at radius 3 is 2.50 bits per heavy atom. The zero-order valence-corrected chi connectivity index (χ0v) is 6.82. The molecule has 0 radical (unpaired) electrons. The Morgan fingerprint density at radius 2 is 2.25 bits per heavy atom. The van der Waals surface area contributed by atoms with Gasteiger partial charge in [-0.3, -0.25) is 0 Å². The fraction of sp³-hybridized carbons (Fsp3) is 0.333. The van der Waals surface area contributed by atoms with E-state index in [9.17, 15) is 0 Å². The summed E-state index contributed by atoms with van der Waals surface area (Å²) >= 11 is -0.573. The van der Waals surface area contributed by atoms with Gasteiger partial charge in [0.05, 0.1) is 0 Å². The van der Waals surface area contributed by atoms with Crippen molar-refractivity contribution < 1.29 is 16.0 Å². The van der Waals surface area contributed by atoms with E-state index >= 15 is 0 Å². The molecule has 1 nitrogen and oxygen atoms in total. The molecular formula is C6H10NRu. The summed E-state index contributed by atoms with van der Waals surface area (Å²) in [6.07, 6.45) is 1.99. The Labute approximate surface area is 55.0 Å². The monoisotopic (exact) mass is 198 g/mol. The average molecular weight is 197 g/mol. The second kappa shape index (κ2) is 2.45. The number of hydrogen-bond acceptors (Lipinski definition) is 0. The first-order valence-corrected chi connectivity index (χ1v) is 6.72. The molecule has 1 rings (SSSR count). The van der Waals surface area contributed by atoms with E-state index in [1.165, 1.54) is 4.29 Å². The van der Waals surface area contributed by atoms with Crippen molar-refractivity contribution in [3.05, 3.63) is 18.3 Å². The maximum atomic E-state index is 3.20. The molecule has 0 fully saturated rings. The second-order valence-corrected chi connectivity index (χ2v) is 6.12. The molecule has 1 N–H and O–H groups in total. The molecule has 1 heterocycles. The van der Waals surface area contributed by atoms with E-state index in [-0.39, 0.29) is 0 Å². The van der Waals surface area contributed by atoms with Gasteiger partial charge in [0, 0.05) is 0 Å². The van der Waals surface area contributed by atoms with Gasteiger partial charge in [-0.15, -0.1) is 0 Å². The van der Waals surface area contributed by atoms with Gasteiger partial charge in [-0.25, -0.2) is 0 Å². The molecular weight excluding hydrogens is 187 g/mol. The maximum absolute atomic E-state index is 3.20. The first-order chi connectivity index (χ1) is 3.80. The molecule has 47 valence electrons. The Hall–Kier alpha value is -0.0966. The zero-order valence-electron chi connectivity index (χ0n) is 5.09. The van der Waals surface area contributed by atoms with Crippen molar-refractivity contribution in [1.29, 1.82) is 0 Å². The average Bonchev–Trinajstić information content (AvgIpc) is 2.12. The van der Waals surface area contributed by atoms with E-state index in [1.54, 1.807) is 0 Å². The van der Waals surface area contributed by atoms with Crippen LogP contribution in [-0.4, -0.2) is 4.98 Å². The van der Waals surface area contributed by atoms with Crippen molar-refractivity contribution in [2.45, 2.75) is 11.0 Å². The Morgan fingerprint density at radius 1 is 1.50 bits per heavy atom. The van der Waals surface area contributed by atoms with Crippen molar-refractivity contribution in [3.63, 3.8) is 0 Å². The van der Waals surface area contributed by atoms with Crippen molar-refractivity contribution in [3.8, 4) is 0 Å². The SMILES string of the molecule is [CH3][Ru]([CH3])[c]1ccc[nH]1. The molecule has 0 unspecified atom stereocenters. The first kappa shape index (κ1) is 6.03. The molecule has 1 aromatic heterocycles. The molecule has 0 amide bonds. The van der Waals surface area contributed by atoms with Crippen LogP contribution in [0.1, 0.15) is 0 Å². The topological polar surface area (TPSA) is 15.8 Å². The number of rotatable bonds is 1. The van der Waals surface area contributed by atoms with Gasteiger partial charge in [0.2, 0.25) is 0 Å². The van der Waals surface area contributed by atoms with Crippen LogP contribution in [0.15, 0.2) is 18.3 Å². The number of aromatic amines is 1. The van der Waals surface area contributed by atoms with E-state index in [0.29, 0.717) is 0 Å². The van der Waals surface area contributed by atoms with Crippen LogP contribution in [0.3, 0.4) is 0 Å². The minimum atomic E-state index is -0.573. The molecule has 0 aliphatic rings. The molecule has 0 atom stereocenters. The fourth-order valence-corrected chi connectivity index (χ4v) is 1.92. The third kappa shape index (κ3) is 1.19. The van der Waals surface area contributed by atoms with Crippen LogP contribution in [0.4, 0.5) is 0 Å². The predicted octanol–water partition coefficient (Wildman–Crippen LogP) is 1.35. The molecule has 2 heteroatoms. The Bertz CT molecular complexity index is 144. The van der Waals surface area contributed by atoms with E-state index in [1.807, 2.05) is 6.20 Å². The number of nitrogens with one attached hydrogen (secondary N) is 1. The van der Waals surface area contributed by atoms with E-state index < -0.39 is 16.0 Å². The molecule has 0 saturated carbocycles. The van der Waals surface area contributed by atoms with E-state index in [4.69, 9.17) is 0 Å². The van der Waals surface area contributed by atoms with Crippen LogP contribution >= 0.6 is 0 Å². The number of H-pyrrole nitrogens is 1. The van der Waals surface area contributed by atoms with E-state index in [2.05, 4.69) is 28.2 Å². The third-order valence-corrected chi connectivity index (χ3v) is 3.35. The predicted molar refractivity (Wildman–Crippen MR) is 32.2 cm³/mol. The number of aromatic nitrogens is 1. The van der Waals surface area contributed by atoms with Gasteiger partial charge in [-0.05, 0) is 0 Å². The van der Waals surface area contributed by atoms with Crippen LogP contribution in [0.2, 0.25) is 11.0 Å². The quantitative estimate of drug-likeness (QED) is 0.654. The van der Waals surface area contributed by atoms with E-state index in [0.717, 1.165) is 0 Å². The summed E-state index contributed by atoms with van der Waals surface area (Å²) in [6, 6.07) is 4.22. The Balaban J connectivity index is 2.77. The number of hydrogen-bond donors (Lipinski definition) is 1. The van der Waals surface area contributed by atoms with Crippen molar-refractivity contribution in [2.24, 2.45) is 0 Å². The van der Waals surface area contributed by atoms with Gasteiger partial charge in [-0.1, -0.05) is 0 Å². The normalized spacial score (nSPS) is 11.5. The first-order valence-electron chi connectivity index (χ1n) is 2.38. The van der Waals surface area contributed by atoms with Crippen molar-refractivity contribution >= 4 is 4.29 Å². The zero-order chi connectivity index (χ0) is 5.98. The molecule has 0 bridgehead atoms. The van der Waals surface area contributed by atoms with Crippen LogP contribution in [0, 0.1) is 0 Å². The second-order valence-electron chi connectivity index (χ2n) is 1.71. The van der Waals surface area contributed by atoms with Crippen LogP contribution < -0.4 is 4.29 Å². The van der Waals surface area contributed by atoms with Crippen LogP contribution in [0.5, 0.6) is 0 Å². The third-order valence-electron chi connectivity index (χ3n) is 0.933. The fourth-order valence-electron chi connectivity index (χ4n) is 0.524.